The molecule has 134 valence electrons. The Hall–Kier alpha value is -2.79. The van der Waals surface area contributed by atoms with Crippen LogP contribution in [0.25, 0.3) is 11.3 Å². The third-order valence-corrected chi connectivity index (χ3v) is 4.46. The molecule has 3 rings (SSSR count). The largest absolute Gasteiger partial charge is 0.357 e. The summed E-state index contributed by atoms with van der Waals surface area (Å²) in [6, 6.07) is 5.76. The third kappa shape index (κ3) is 3.30. The van der Waals surface area contributed by atoms with E-state index in [2.05, 4.69) is 28.5 Å². The number of rotatable bonds is 4. The molecule has 2 aromatic rings. The smallest absolute Gasteiger partial charge is 0.155 e. The minimum Gasteiger partial charge on any atom is -0.357 e. The van der Waals surface area contributed by atoms with Crippen molar-refractivity contribution in [2.24, 2.45) is 5.16 Å². The predicted octanol–water partition coefficient (Wildman–Crippen LogP) is 5.44. The number of anilines is 1. The fourth-order valence-corrected chi connectivity index (χ4v) is 3.08. The van der Waals surface area contributed by atoms with Crippen molar-refractivity contribution in [2.45, 2.75) is 27.2 Å². The highest BCUT2D eigenvalue weighted by molar-refractivity contribution is 6.31. The zero-order valence-corrected chi connectivity index (χ0v) is 15.9. The molecule has 26 heavy (non-hydrogen) atoms. The predicted molar refractivity (Wildman–Crippen MR) is 107 cm³/mol. The van der Waals surface area contributed by atoms with Crippen LogP contribution in [0.4, 0.5) is 5.69 Å². The minimum absolute atomic E-state index is 0.496. The van der Waals surface area contributed by atoms with Crippen molar-refractivity contribution in [2.75, 3.05) is 4.90 Å². The van der Waals surface area contributed by atoms with E-state index in [0.717, 1.165) is 39.5 Å². The van der Waals surface area contributed by atoms with Gasteiger partial charge >= 0.3 is 0 Å². The van der Waals surface area contributed by atoms with Gasteiger partial charge in [-0.25, -0.2) is 0 Å². The van der Waals surface area contributed by atoms with E-state index in [0.29, 0.717) is 17.2 Å². The highest BCUT2D eigenvalue weighted by atomic mass is 35.5. The van der Waals surface area contributed by atoms with Gasteiger partial charge in [0.1, 0.15) is 0 Å². The summed E-state index contributed by atoms with van der Waals surface area (Å²) in [5.41, 5.74) is 6.66. The average Bonchev–Trinajstić information content (AvgIpc) is 3.03. The first-order chi connectivity index (χ1) is 12.4. The Labute approximate surface area is 158 Å². The number of hydrogen-bond donors (Lipinski definition) is 1. The van der Waals surface area contributed by atoms with Gasteiger partial charge in [-0.1, -0.05) is 29.9 Å². The number of hydrogen-bond acceptors (Lipinski definition) is 4. The minimum atomic E-state index is 0.496. The van der Waals surface area contributed by atoms with Crippen LogP contribution in [0.5, 0.6) is 0 Å². The number of allylic oxidation sites excluding steroid dienone is 2. The van der Waals surface area contributed by atoms with Gasteiger partial charge in [-0.2, -0.15) is 5.10 Å². The SMILES string of the molecule is C=CN1/C(=C(\C)C(=C)ON=C(C)C)Cc2cn[nH]c2-c2cc(Cl)ccc21. The highest BCUT2D eigenvalue weighted by Crippen LogP contribution is 2.41. The Balaban J connectivity index is 2.17. The third-order valence-electron chi connectivity index (χ3n) is 4.23. The first-order valence-corrected chi connectivity index (χ1v) is 8.61. The van der Waals surface area contributed by atoms with Gasteiger partial charge in [0, 0.05) is 40.0 Å². The Kier molecular flexibility index (Phi) is 5.00. The summed E-state index contributed by atoms with van der Waals surface area (Å²) in [5.74, 6) is 0.496. The maximum Gasteiger partial charge on any atom is 0.155 e. The second kappa shape index (κ2) is 7.22. The van der Waals surface area contributed by atoms with E-state index in [1.165, 1.54) is 0 Å². The lowest BCUT2D eigenvalue weighted by molar-refractivity contribution is 0.236. The van der Waals surface area contributed by atoms with Crippen molar-refractivity contribution in [3.63, 3.8) is 0 Å². The molecule has 1 aromatic heterocycles. The molecule has 0 saturated heterocycles. The van der Waals surface area contributed by atoms with Crippen molar-refractivity contribution >= 4 is 23.0 Å². The first-order valence-electron chi connectivity index (χ1n) is 8.23. The lowest BCUT2D eigenvalue weighted by Crippen LogP contribution is -2.18. The summed E-state index contributed by atoms with van der Waals surface area (Å²) in [6.45, 7) is 13.7. The van der Waals surface area contributed by atoms with Crippen LogP contribution in [-0.2, 0) is 11.3 Å². The van der Waals surface area contributed by atoms with Crippen LogP contribution in [-0.4, -0.2) is 15.9 Å². The molecule has 0 saturated carbocycles. The molecule has 1 aliphatic heterocycles. The maximum atomic E-state index is 6.24. The number of aromatic nitrogens is 2. The zero-order valence-electron chi connectivity index (χ0n) is 15.1. The van der Waals surface area contributed by atoms with Crippen molar-refractivity contribution in [1.82, 2.24) is 10.2 Å². The van der Waals surface area contributed by atoms with E-state index in [1.807, 2.05) is 50.1 Å². The number of nitrogens with zero attached hydrogens (tertiary/aromatic N) is 3. The van der Waals surface area contributed by atoms with E-state index in [-0.39, 0.29) is 0 Å². The topological polar surface area (TPSA) is 53.5 Å². The molecule has 0 radical (unpaired) electrons. The number of oxime groups is 1. The van der Waals surface area contributed by atoms with Gasteiger partial charge in [0.25, 0.3) is 0 Å². The van der Waals surface area contributed by atoms with Crippen LogP contribution in [0, 0.1) is 0 Å². The quantitative estimate of drug-likeness (QED) is 0.444. The lowest BCUT2D eigenvalue weighted by Gasteiger charge is -2.25. The van der Waals surface area contributed by atoms with Crippen LogP contribution in [0.3, 0.4) is 0 Å². The van der Waals surface area contributed by atoms with Gasteiger partial charge in [0.15, 0.2) is 5.76 Å². The molecule has 2 heterocycles. The van der Waals surface area contributed by atoms with Gasteiger partial charge in [0.05, 0.1) is 23.3 Å². The van der Waals surface area contributed by atoms with Gasteiger partial charge in [-0.05, 0) is 39.0 Å². The monoisotopic (exact) mass is 368 g/mol. The average molecular weight is 369 g/mol. The van der Waals surface area contributed by atoms with Gasteiger partial charge < -0.3 is 9.74 Å². The summed E-state index contributed by atoms with van der Waals surface area (Å²) in [4.78, 5) is 7.49. The molecular weight excluding hydrogens is 348 g/mol. The van der Waals surface area contributed by atoms with Crippen LogP contribution in [0.1, 0.15) is 26.3 Å². The van der Waals surface area contributed by atoms with E-state index < -0.39 is 0 Å². The fourth-order valence-electron chi connectivity index (χ4n) is 2.91. The molecule has 1 aliphatic rings. The molecule has 6 heteroatoms. The molecule has 0 spiro atoms. The standard InChI is InChI=1S/C20H21ClN4O/c1-6-25-18-8-7-16(21)10-17(18)20-15(11-22-23-20)9-19(25)13(4)14(5)26-24-12(2)3/h6-8,10-11H,1,5,9H2,2-4H3,(H,22,23)/b19-13+. The van der Waals surface area contributed by atoms with Crippen LogP contribution < -0.4 is 4.90 Å². The molecular formula is C20H21ClN4O. The summed E-state index contributed by atoms with van der Waals surface area (Å²) in [5, 5.41) is 12.0. The van der Waals surface area contributed by atoms with Gasteiger partial charge in [-0.15, -0.1) is 0 Å². The van der Waals surface area contributed by atoms with Gasteiger partial charge in [-0.3, -0.25) is 5.10 Å². The fraction of sp³-hybridized carbons (Fsp3) is 0.200. The Morgan fingerprint density at radius 1 is 1.38 bits per heavy atom. The van der Waals surface area contributed by atoms with Crippen molar-refractivity contribution in [3.05, 3.63) is 71.4 Å². The van der Waals surface area contributed by atoms with Crippen molar-refractivity contribution < 1.29 is 4.84 Å². The molecule has 0 atom stereocenters. The van der Waals surface area contributed by atoms with Gasteiger partial charge in [0.2, 0.25) is 0 Å². The number of fused-ring (bicyclic) bond motifs is 3. The van der Waals surface area contributed by atoms with Crippen LogP contribution in [0.2, 0.25) is 5.02 Å². The number of halogens is 1. The molecule has 0 bridgehead atoms. The summed E-state index contributed by atoms with van der Waals surface area (Å²) in [7, 11) is 0. The van der Waals surface area contributed by atoms with Crippen LogP contribution >= 0.6 is 11.6 Å². The molecule has 0 unspecified atom stereocenters. The summed E-state index contributed by atoms with van der Waals surface area (Å²) < 4.78 is 0. The highest BCUT2D eigenvalue weighted by Gasteiger charge is 2.26. The van der Waals surface area contributed by atoms with E-state index in [9.17, 15) is 0 Å². The molecule has 1 aromatic carbocycles. The molecule has 5 nitrogen and oxygen atoms in total. The normalized spacial score (nSPS) is 14.7. The second-order valence-corrected chi connectivity index (χ2v) is 6.72. The number of benzene rings is 1. The maximum absolute atomic E-state index is 6.24. The summed E-state index contributed by atoms with van der Waals surface area (Å²) >= 11 is 6.24. The van der Waals surface area contributed by atoms with E-state index in [4.69, 9.17) is 16.4 Å². The Morgan fingerprint density at radius 2 is 2.15 bits per heavy atom. The Bertz CT molecular complexity index is 935. The van der Waals surface area contributed by atoms with Crippen molar-refractivity contribution in [1.29, 1.82) is 0 Å². The molecule has 0 amide bonds. The summed E-state index contributed by atoms with van der Waals surface area (Å²) in [6.07, 6.45) is 4.26. The zero-order chi connectivity index (χ0) is 18.8. The molecule has 0 aliphatic carbocycles. The number of H-pyrrole nitrogens is 1. The molecule has 1 N–H and O–H groups in total. The number of nitrogens with one attached hydrogen (secondary N) is 1. The first kappa shape index (κ1) is 18.0. The second-order valence-electron chi connectivity index (χ2n) is 6.29. The van der Waals surface area contributed by atoms with E-state index in [1.54, 1.807) is 6.20 Å². The van der Waals surface area contributed by atoms with Crippen LogP contribution in [0.15, 0.2) is 65.9 Å². The van der Waals surface area contributed by atoms with Crippen molar-refractivity contribution in [3.8, 4) is 11.3 Å². The lowest BCUT2D eigenvalue weighted by atomic mass is 10.0. The number of aromatic amines is 1. The van der Waals surface area contributed by atoms with E-state index >= 15 is 0 Å². The molecule has 0 fully saturated rings. The Morgan fingerprint density at radius 3 is 2.85 bits per heavy atom.